The zero-order valence-corrected chi connectivity index (χ0v) is 21.4. The van der Waals surface area contributed by atoms with E-state index in [1.165, 1.54) is 0 Å². The average Bonchev–Trinajstić information content (AvgIpc) is 3.63. The van der Waals surface area contributed by atoms with E-state index in [-0.39, 0.29) is 16.8 Å². The summed E-state index contributed by atoms with van der Waals surface area (Å²) in [4.78, 5) is 25.4. The van der Waals surface area contributed by atoms with Gasteiger partial charge < -0.3 is 20.1 Å². The molecule has 1 aliphatic carbocycles. The number of amides is 1. The highest BCUT2D eigenvalue weighted by atomic mass is 19.1. The van der Waals surface area contributed by atoms with E-state index in [1.807, 2.05) is 11.5 Å². The Labute approximate surface area is 218 Å². The van der Waals surface area contributed by atoms with Gasteiger partial charge in [0.1, 0.15) is 13.4 Å². The number of aryl methyl sites for hydroxylation is 2. The van der Waals surface area contributed by atoms with Crippen LogP contribution in [0.25, 0.3) is 11.0 Å². The lowest BCUT2D eigenvalue weighted by molar-refractivity contribution is 0.0271. The quantitative estimate of drug-likeness (QED) is 0.212. The molecule has 0 unspecified atom stereocenters. The molecule has 1 saturated heterocycles. The Kier molecular flexibility index (Phi) is 8.07. The molecule has 2 heterocycles. The van der Waals surface area contributed by atoms with Gasteiger partial charge in [0.15, 0.2) is 5.82 Å². The number of hydrogen-bond acceptors (Lipinski definition) is 6. The van der Waals surface area contributed by atoms with Gasteiger partial charge in [-0.25, -0.2) is 14.9 Å². The van der Waals surface area contributed by atoms with Gasteiger partial charge in [0, 0.05) is 38.4 Å². The van der Waals surface area contributed by atoms with Crippen LogP contribution in [0.4, 0.5) is 15.8 Å². The van der Waals surface area contributed by atoms with Gasteiger partial charge in [0.2, 0.25) is 0 Å². The van der Waals surface area contributed by atoms with Crippen LogP contribution in [-0.2, 0) is 11.4 Å². The number of anilines is 2. The van der Waals surface area contributed by atoms with Crippen molar-refractivity contribution in [3.05, 3.63) is 47.5 Å². The number of halogens is 1. The van der Waals surface area contributed by atoms with E-state index in [0.717, 1.165) is 64.0 Å². The molecule has 1 aliphatic heterocycles. The molecule has 37 heavy (non-hydrogen) atoms. The predicted octanol–water partition coefficient (Wildman–Crippen LogP) is 2.78. The fourth-order valence-corrected chi connectivity index (χ4v) is 4.72. The third-order valence-corrected chi connectivity index (χ3v) is 7.12. The third-order valence-electron chi connectivity index (χ3n) is 7.12. The first-order chi connectivity index (χ1) is 18.0. The van der Waals surface area contributed by atoms with Gasteiger partial charge in [-0.3, -0.25) is 9.63 Å². The molecule has 1 aromatic heterocycles. The number of carbonyl (C=O) groups is 1. The number of hydrogen-bond donors (Lipinski definition) is 3. The number of benzene rings is 2. The van der Waals surface area contributed by atoms with Crippen LogP contribution >= 0.6 is 0 Å². The second-order valence-electron chi connectivity index (χ2n) is 10.1. The first kappa shape index (κ1) is 25.7. The van der Waals surface area contributed by atoms with E-state index < -0.39 is 11.7 Å². The van der Waals surface area contributed by atoms with Gasteiger partial charge in [0.25, 0.3) is 5.91 Å². The molecular weight excluding hydrogens is 470 g/mol. The van der Waals surface area contributed by atoms with E-state index in [2.05, 4.69) is 26.0 Å². The van der Waals surface area contributed by atoms with Gasteiger partial charge in [-0.1, -0.05) is 17.6 Å². The zero-order chi connectivity index (χ0) is 25.8. The van der Waals surface area contributed by atoms with Crippen molar-refractivity contribution in [2.75, 3.05) is 44.6 Å². The van der Waals surface area contributed by atoms with Crippen molar-refractivity contribution < 1.29 is 14.0 Å². The number of nitrogens with zero attached hydrogens (tertiary/aromatic N) is 3. The number of imidazole rings is 1. The average molecular weight is 504 g/mol. The van der Waals surface area contributed by atoms with Crippen LogP contribution in [0.1, 0.15) is 41.6 Å². The molecule has 2 aromatic carbocycles. The highest BCUT2D eigenvalue weighted by molar-refractivity contribution is 6.32. The molecule has 8 nitrogen and oxygen atoms in total. The number of piperazine rings is 1. The van der Waals surface area contributed by atoms with Crippen molar-refractivity contribution in [2.45, 2.75) is 39.2 Å². The van der Waals surface area contributed by atoms with E-state index in [4.69, 9.17) is 12.7 Å². The minimum absolute atomic E-state index is 0.0665. The summed E-state index contributed by atoms with van der Waals surface area (Å²) in [5.74, 6) is -0.582. The smallest absolute Gasteiger partial charge is 0.277 e. The first-order valence-electron chi connectivity index (χ1n) is 13.2. The van der Waals surface area contributed by atoms with Gasteiger partial charge in [-0.2, -0.15) is 0 Å². The van der Waals surface area contributed by atoms with Crippen molar-refractivity contribution in [3.8, 4) is 0 Å². The summed E-state index contributed by atoms with van der Waals surface area (Å²) in [5, 5.41) is 6.48. The minimum Gasteiger partial charge on any atom is -0.352 e. The van der Waals surface area contributed by atoms with Crippen molar-refractivity contribution in [1.29, 1.82) is 0 Å². The molecule has 0 bridgehead atoms. The van der Waals surface area contributed by atoms with Gasteiger partial charge in [-0.05, 0) is 62.8 Å². The summed E-state index contributed by atoms with van der Waals surface area (Å²) < 4.78 is 17.8. The van der Waals surface area contributed by atoms with Gasteiger partial charge in [0.05, 0.1) is 29.7 Å². The maximum absolute atomic E-state index is 15.9. The molecule has 2 aliphatic rings. The molecule has 3 aromatic rings. The van der Waals surface area contributed by atoms with Crippen molar-refractivity contribution >= 4 is 41.6 Å². The lowest BCUT2D eigenvalue weighted by atomic mass is 9.94. The summed E-state index contributed by atoms with van der Waals surface area (Å²) in [6.45, 7) is 8.30. The fourth-order valence-electron chi connectivity index (χ4n) is 4.72. The lowest BCUT2D eigenvalue weighted by Crippen LogP contribution is -2.43. The molecule has 1 saturated carbocycles. The summed E-state index contributed by atoms with van der Waals surface area (Å²) in [5.41, 5.74) is 5.67. The monoisotopic (exact) mass is 504 g/mol. The number of rotatable bonds is 11. The fraction of sp³-hybridized carbons (Fsp3) is 0.481. The Morgan fingerprint density at radius 3 is 2.76 bits per heavy atom. The van der Waals surface area contributed by atoms with Crippen LogP contribution in [0.3, 0.4) is 0 Å². The van der Waals surface area contributed by atoms with E-state index in [0.29, 0.717) is 35.7 Å². The normalized spacial score (nSPS) is 16.3. The Balaban J connectivity index is 1.37. The van der Waals surface area contributed by atoms with E-state index in [9.17, 15) is 4.79 Å². The molecule has 2 radical (unpaired) electrons. The minimum atomic E-state index is -0.569. The van der Waals surface area contributed by atoms with Crippen LogP contribution in [0.15, 0.2) is 30.6 Å². The Bertz CT molecular complexity index is 1260. The standard InChI is InChI=1S/C27H34BFN6O2/c1-18-14-20(28)6-7-22(18)32-25-21(27(36)33-37-16-19-4-5-19)15-23-26(24(25)29)31-17-35(23)11-3-2-10-34-12-8-30-9-13-34/h6-7,14-15,17,19,30,32H,2-5,8-13,16H2,1H3,(H,33,36). The van der Waals surface area contributed by atoms with Crippen molar-refractivity contribution in [1.82, 2.24) is 25.2 Å². The molecule has 0 atom stereocenters. The lowest BCUT2D eigenvalue weighted by Gasteiger charge is -2.27. The van der Waals surface area contributed by atoms with Crippen LogP contribution in [0.5, 0.6) is 0 Å². The summed E-state index contributed by atoms with van der Waals surface area (Å²) in [6.07, 6.45) is 5.84. The van der Waals surface area contributed by atoms with Crippen molar-refractivity contribution in [2.24, 2.45) is 5.92 Å². The Morgan fingerprint density at radius 1 is 1.22 bits per heavy atom. The van der Waals surface area contributed by atoms with Crippen LogP contribution < -0.4 is 21.6 Å². The van der Waals surface area contributed by atoms with Crippen LogP contribution in [0.2, 0.25) is 0 Å². The highest BCUT2D eigenvalue weighted by Crippen LogP contribution is 2.32. The third kappa shape index (κ3) is 6.31. The Hall–Kier alpha value is -2.95. The molecule has 10 heteroatoms. The van der Waals surface area contributed by atoms with Gasteiger partial charge >= 0.3 is 0 Å². The topological polar surface area (TPSA) is 83.5 Å². The molecule has 0 spiro atoms. The van der Waals surface area contributed by atoms with Gasteiger partial charge in [-0.15, -0.1) is 0 Å². The molecule has 1 amide bonds. The first-order valence-corrected chi connectivity index (χ1v) is 13.2. The molecule has 5 rings (SSSR count). The number of fused-ring (bicyclic) bond motifs is 1. The second-order valence-corrected chi connectivity index (χ2v) is 10.1. The van der Waals surface area contributed by atoms with E-state index in [1.54, 1.807) is 30.6 Å². The van der Waals surface area contributed by atoms with E-state index >= 15 is 4.39 Å². The largest absolute Gasteiger partial charge is 0.352 e. The number of aromatic nitrogens is 2. The number of hydroxylamine groups is 1. The molecule has 3 N–H and O–H groups in total. The highest BCUT2D eigenvalue weighted by Gasteiger charge is 2.25. The predicted molar refractivity (Wildman–Crippen MR) is 144 cm³/mol. The SMILES string of the molecule is [B]c1ccc(Nc2c(C(=O)NOCC3CC3)cc3c(ncn3CCCCN3CCNCC3)c2F)c(C)c1. The molecule has 194 valence electrons. The summed E-state index contributed by atoms with van der Waals surface area (Å²) >= 11 is 0. The Morgan fingerprint density at radius 2 is 2.00 bits per heavy atom. The summed E-state index contributed by atoms with van der Waals surface area (Å²) in [7, 11) is 5.88. The number of carbonyl (C=O) groups excluding carboxylic acids is 1. The van der Waals surface area contributed by atoms with Crippen LogP contribution in [0, 0.1) is 18.7 Å². The maximum Gasteiger partial charge on any atom is 0.277 e. The molecular formula is C27H34BFN6O2. The zero-order valence-electron chi connectivity index (χ0n) is 21.4. The maximum atomic E-state index is 15.9. The number of nitrogens with one attached hydrogen (secondary N) is 3. The molecule has 2 fully saturated rings. The van der Waals surface area contributed by atoms with Crippen molar-refractivity contribution in [3.63, 3.8) is 0 Å². The summed E-state index contributed by atoms with van der Waals surface area (Å²) in [6, 6.07) is 7.01. The van der Waals surface area contributed by atoms with Crippen LogP contribution in [-0.4, -0.2) is 67.5 Å². The number of unbranched alkanes of at least 4 members (excludes halogenated alkanes) is 1. The second kappa shape index (κ2) is 11.6.